The van der Waals surface area contributed by atoms with Gasteiger partial charge in [0.2, 0.25) is 5.91 Å². The monoisotopic (exact) mass is 400 g/mol. The topological polar surface area (TPSA) is 51.2 Å². The molecule has 0 bridgehead atoms. The average molecular weight is 401 g/mol. The Kier molecular flexibility index (Phi) is 6.32. The Morgan fingerprint density at radius 1 is 1.07 bits per heavy atom. The Morgan fingerprint density at radius 2 is 1.70 bits per heavy atom. The number of nitrogens with one attached hydrogen (secondary N) is 1. The highest BCUT2D eigenvalue weighted by atomic mass is 35.5. The zero-order chi connectivity index (χ0) is 19.2. The van der Waals surface area contributed by atoms with Gasteiger partial charge in [0.05, 0.1) is 11.8 Å². The van der Waals surface area contributed by atoms with Gasteiger partial charge in [-0.15, -0.1) is 11.6 Å². The molecule has 1 N–H and O–H groups in total. The second-order valence-electron chi connectivity index (χ2n) is 6.00. The first kappa shape index (κ1) is 19.2. The fourth-order valence-corrected chi connectivity index (χ4v) is 2.83. The summed E-state index contributed by atoms with van der Waals surface area (Å²) in [5, 5.41) is 3.31. The highest BCUT2D eigenvalue weighted by molar-refractivity contribution is 6.30. The molecule has 6 heteroatoms. The normalized spacial score (nSPS) is 11.7. The molecule has 3 aromatic rings. The van der Waals surface area contributed by atoms with Crippen LogP contribution in [0.2, 0.25) is 5.02 Å². The molecule has 138 valence electrons. The zero-order valence-corrected chi connectivity index (χ0v) is 16.2. The van der Waals surface area contributed by atoms with Crippen LogP contribution in [0.1, 0.15) is 23.4 Å². The van der Waals surface area contributed by atoms with E-state index >= 15 is 0 Å². The maximum absolute atomic E-state index is 12.3. The first-order valence-electron chi connectivity index (χ1n) is 8.41. The van der Waals surface area contributed by atoms with Crippen molar-refractivity contribution < 1.29 is 9.53 Å². The van der Waals surface area contributed by atoms with Crippen LogP contribution in [0.5, 0.6) is 11.5 Å². The van der Waals surface area contributed by atoms with Crippen LogP contribution in [-0.4, -0.2) is 10.9 Å². The standard InChI is InChI=1S/C21H18Cl2N2O2/c1-14(22)19-13-24-11-10-20(19)25-21(26)12-15-2-6-17(7-3-15)27-18-8-4-16(23)5-9-18/h2-11,13-14H,12H2,1H3,(H,24,25,26). The Morgan fingerprint density at radius 3 is 2.33 bits per heavy atom. The lowest BCUT2D eigenvalue weighted by Crippen LogP contribution is -2.15. The van der Waals surface area contributed by atoms with Crippen molar-refractivity contribution in [1.82, 2.24) is 4.98 Å². The number of hydrogen-bond donors (Lipinski definition) is 1. The van der Waals surface area contributed by atoms with Crippen molar-refractivity contribution in [3.8, 4) is 11.5 Å². The number of amides is 1. The van der Waals surface area contributed by atoms with Gasteiger partial charge in [0.25, 0.3) is 0 Å². The molecule has 3 rings (SSSR count). The Balaban J connectivity index is 1.61. The summed E-state index contributed by atoms with van der Waals surface area (Å²) < 4.78 is 5.75. The van der Waals surface area contributed by atoms with Crippen LogP contribution in [0.25, 0.3) is 0 Å². The summed E-state index contributed by atoms with van der Waals surface area (Å²) >= 11 is 12.0. The Hall–Kier alpha value is -2.56. The first-order valence-corrected chi connectivity index (χ1v) is 9.23. The van der Waals surface area contributed by atoms with Crippen LogP contribution < -0.4 is 10.1 Å². The van der Waals surface area contributed by atoms with Gasteiger partial charge in [-0.05, 0) is 55.0 Å². The molecule has 0 saturated heterocycles. The van der Waals surface area contributed by atoms with Crippen molar-refractivity contribution in [3.05, 3.63) is 83.1 Å². The summed E-state index contributed by atoms with van der Waals surface area (Å²) in [6.45, 7) is 1.84. The number of benzene rings is 2. The summed E-state index contributed by atoms with van der Waals surface area (Å²) in [6.07, 6.45) is 3.54. The highest BCUT2D eigenvalue weighted by Crippen LogP contribution is 2.27. The first-order chi connectivity index (χ1) is 13.0. The van der Waals surface area contributed by atoms with Gasteiger partial charge in [-0.2, -0.15) is 0 Å². The van der Waals surface area contributed by atoms with Gasteiger partial charge >= 0.3 is 0 Å². The van der Waals surface area contributed by atoms with Crippen molar-refractivity contribution in [2.75, 3.05) is 5.32 Å². The molecule has 0 spiro atoms. The summed E-state index contributed by atoms with van der Waals surface area (Å²) in [7, 11) is 0. The SMILES string of the molecule is CC(Cl)c1cnccc1NC(=O)Cc1ccc(Oc2ccc(Cl)cc2)cc1. The van der Waals surface area contributed by atoms with Crippen molar-refractivity contribution in [2.45, 2.75) is 18.7 Å². The molecule has 1 unspecified atom stereocenters. The predicted octanol–water partition coefficient (Wildman–Crippen LogP) is 6.01. The van der Waals surface area contributed by atoms with Gasteiger partial charge in [-0.1, -0.05) is 23.7 Å². The van der Waals surface area contributed by atoms with Crippen LogP contribution in [-0.2, 0) is 11.2 Å². The molecule has 0 saturated carbocycles. The Labute approximate surface area is 168 Å². The van der Waals surface area contributed by atoms with Gasteiger partial charge in [-0.3, -0.25) is 9.78 Å². The van der Waals surface area contributed by atoms with Gasteiger partial charge in [0, 0.05) is 28.7 Å². The second kappa shape index (κ2) is 8.89. The van der Waals surface area contributed by atoms with Crippen LogP contribution in [0.4, 0.5) is 5.69 Å². The number of rotatable bonds is 6. The number of hydrogen-bond acceptors (Lipinski definition) is 3. The number of carbonyl (C=O) groups is 1. The number of alkyl halides is 1. The molecule has 1 heterocycles. The van der Waals surface area contributed by atoms with E-state index in [0.717, 1.165) is 11.1 Å². The predicted molar refractivity (Wildman–Crippen MR) is 109 cm³/mol. The maximum Gasteiger partial charge on any atom is 0.228 e. The van der Waals surface area contributed by atoms with Crippen LogP contribution in [0, 0.1) is 0 Å². The molecule has 1 aromatic heterocycles. The van der Waals surface area contributed by atoms with Crippen molar-refractivity contribution in [2.24, 2.45) is 0 Å². The minimum atomic E-state index is -0.238. The Bertz CT molecular complexity index is 910. The molecule has 2 aromatic carbocycles. The van der Waals surface area contributed by atoms with Crippen LogP contribution in [0.15, 0.2) is 67.0 Å². The summed E-state index contributed by atoms with van der Waals surface area (Å²) in [4.78, 5) is 16.4. The molecule has 1 atom stereocenters. The van der Waals surface area contributed by atoms with Crippen LogP contribution >= 0.6 is 23.2 Å². The van der Waals surface area contributed by atoms with E-state index in [0.29, 0.717) is 22.2 Å². The molecule has 4 nitrogen and oxygen atoms in total. The third-order valence-electron chi connectivity index (χ3n) is 3.89. The van der Waals surface area contributed by atoms with E-state index in [1.165, 1.54) is 0 Å². The molecular formula is C21H18Cl2N2O2. The van der Waals surface area contributed by atoms with E-state index in [-0.39, 0.29) is 17.7 Å². The van der Waals surface area contributed by atoms with E-state index in [2.05, 4.69) is 10.3 Å². The minimum absolute atomic E-state index is 0.119. The van der Waals surface area contributed by atoms with Gasteiger partial charge in [0.1, 0.15) is 11.5 Å². The third-order valence-corrected chi connectivity index (χ3v) is 4.38. The fraction of sp³-hybridized carbons (Fsp3) is 0.143. The molecule has 0 aliphatic carbocycles. The molecule has 0 radical (unpaired) electrons. The number of carbonyl (C=O) groups excluding carboxylic acids is 1. The average Bonchev–Trinajstić information content (AvgIpc) is 2.65. The van der Waals surface area contributed by atoms with E-state index in [9.17, 15) is 4.79 Å². The van der Waals surface area contributed by atoms with E-state index in [4.69, 9.17) is 27.9 Å². The second-order valence-corrected chi connectivity index (χ2v) is 7.09. The van der Waals surface area contributed by atoms with E-state index in [1.54, 1.807) is 42.7 Å². The molecule has 0 aliphatic heterocycles. The lowest BCUT2D eigenvalue weighted by atomic mass is 10.1. The smallest absolute Gasteiger partial charge is 0.228 e. The third kappa shape index (κ3) is 5.46. The lowest BCUT2D eigenvalue weighted by Gasteiger charge is -2.12. The number of nitrogens with zero attached hydrogens (tertiary/aromatic N) is 1. The largest absolute Gasteiger partial charge is 0.457 e. The van der Waals surface area contributed by atoms with Gasteiger partial charge < -0.3 is 10.1 Å². The summed E-state index contributed by atoms with van der Waals surface area (Å²) in [6, 6.07) is 16.3. The quantitative estimate of drug-likeness (QED) is 0.515. The van der Waals surface area contributed by atoms with Gasteiger partial charge in [0.15, 0.2) is 0 Å². The highest BCUT2D eigenvalue weighted by Gasteiger charge is 2.11. The number of aromatic nitrogens is 1. The van der Waals surface area contributed by atoms with E-state index in [1.807, 2.05) is 31.2 Å². The van der Waals surface area contributed by atoms with E-state index < -0.39 is 0 Å². The zero-order valence-electron chi connectivity index (χ0n) is 14.7. The minimum Gasteiger partial charge on any atom is -0.457 e. The fourth-order valence-electron chi connectivity index (χ4n) is 2.53. The molecule has 1 amide bonds. The molecular weight excluding hydrogens is 383 g/mol. The van der Waals surface area contributed by atoms with Gasteiger partial charge in [-0.25, -0.2) is 0 Å². The molecule has 27 heavy (non-hydrogen) atoms. The molecule has 0 fully saturated rings. The summed E-state index contributed by atoms with van der Waals surface area (Å²) in [5.41, 5.74) is 2.35. The van der Waals surface area contributed by atoms with Crippen molar-refractivity contribution in [1.29, 1.82) is 0 Å². The van der Waals surface area contributed by atoms with Crippen molar-refractivity contribution in [3.63, 3.8) is 0 Å². The number of anilines is 1. The number of halogens is 2. The number of pyridine rings is 1. The van der Waals surface area contributed by atoms with Crippen LogP contribution in [0.3, 0.4) is 0 Å². The molecule has 0 aliphatic rings. The van der Waals surface area contributed by atoms with Crippen molar-refractivity contribution >= 4 is 34.8 Å². The maximum atomic E-state index is 12.3. The number of ether oxygens (including phenoxy) is 1. The summed E-state index contributed by atoms with van der Waals surface area (Å²) in [5.74, 6) is 1.27. The lowest BCUT2D eigenvalue weighted by molar-refractivity contribution is -0.115.